The second-order valence-corrected chi connectivity index (χ2v) is 5.58. The van der Waals surface area contributed by atoms with Crippen LogP contribution < -0.4 is 5.32 Å². The molecule has 1 aliphatic heterocycles. The minimum Gasteiger partial charge on any atom is -0.403 e. The number of ether oxygens (including phenoxy) is 2. The lowest BCUT2D eigenvalue weighted by atomic mass is 9.94. The summed E-state index contributed by atoms with van der Waals surface area (Å²) in [5.41, 5.74) is 1.83. The number of benzene rings is 1. The average Bonchev–Trinajstić information content (AvgIpc) is 3.03. The number of hydrogen-bond donors (Lipinski definition) is 1. The van der Waals surface area contributed by atoms with Gasteiger partial charge in [-0.05, 0) is 18.6 Å². The van der Waals surface area contributed by atoms with Crippen LogP contribution in [0.2, 0.25) is 0 Å². The smallest absolute Gasteiger partial charge is 0.315 e. The van der Waals surface area contributed by atoms with E-state index in [1.807, 2.05) is 31.2 Å². The van der Waals surface area contributed by atoms with Crippen molar-refractivity contribution in [3.8, 4) is 11.5 Å². The van der Waals surface area contributed by atoms with Crippen molar-refractivity contribution in [2.24, 2.45) is 0 Å². The third kappa shape index (κ3) is 3.13. The van der Waals surface area contributed by atoms with Crippen LogP contribution in [0.1, 0.15) is 18.4 Å². The van der Waals surface area contributed by atoms with Gasteiger partial charge in [0.05, 0.1) is 5.60 Å². The Morgan fingerprint density at radius 3 is 2.73 bits per heavy atom. The van der Waals surface area contributed by atoms with Crippen molar-refractivity contribution in [3.63, 3.8) is 0 Å². The van der Waals surface area contributed by atoms with Gasteiger partial charge in [0.2, 0.25) is 5.89 Å². The molecule has 1 aliphatic rings. The van der Waals surface area contributed by atoms with Gasteiger partial charge in [-0.2, -0.15) is 0 Å². The van der Waals surface area contributed by atoms with Crippen molar-refractivity contribution in [1.82, 2.24) is 10.2 Å². The molecule has 6 heteroatoms. The first kappa shape index (κ1) is 15.0. The van der Waals surface area contributed by atoms with Crippen molar-refractivity contribution >= 4 is 6.01 Å². The summed E-state index contributed by atoms with van der Waals surface area (Å²) in [6.07, 6.45) is 1.71. The van der Waals surface area contributed by atoms with E-state index >= 15 is 0 Å². The highest BCUT2D eigenvalue weighted by Gasteiger charge is 2.32. The highest BCUT2D eigenvalue weighted by Crippen LogP contribution is 2.26. The zero-order valence-electron chi connectivity index (χ0n) is 13.0. The molecule has 0 saturated carbocycles. The molecule has 0 aliphatic carbocycles. The molecular weight excluding hydrogens is 282 g/mol. The lowest BCUT2D eigenvalue weighted by Crippen LogP contribution is -2.44. The van der Waals surface area contributed by atoms with Crippen LogP contribution in [0.25, 0.3) is 11.5 Å². The summed E-state index contributed by atoms with van der Waals surface area (Å²) >= 11 is 0. The molecule has 1 N–H and O–H groups in total. The number of rotatable bonds is 5. The molecular formula is C16H21N3O3. The number of nitrogens with one attached hydrogen (secondary N) is 1. The summed E-state index contributed by atoms with van der Waals surface area (Å²) < 4.78 is 16.8. The van der Waals surface area contributed by atoms with Crippen LogP contribution in [-0.4, -0.2) is 42.7 Å². The van der Waals surface area contributed by atoms with Crippen molar-refractivity contribution in [2.45, 2.75) is 25.4 Å². The standard InChI is InChI=1S/C16H21N3O3/c1-12-5-3-4-6-13(12)14-18-19-15(22-14)17-11-16(20-2)7-9-21-10-8-16/h3-6H,7-11H2,1-2H3,(H,17,19). The largest absolute Gasteiger partial charge is 0.403 e. The SMILES string of the molecule is COC1(CNc2nnc(-c3ccccc3C)o2)CCOCC1. The zero-order valence-corrected chi connectivity index (χ0v) is 13.0. The highest BCUT2D eigenvalue weighted by molar-refractivity contribution is 5.58. The predicted molar refractivity (Wildman–Crippen MR) is 82.8 cm³/mol. The van der Waals surface area contributed by atoms with Crippen LogP contribution in [-0.2, 0) is 9.47 Å². The van der Waals surface area contributed by atoms with E-state index in [9.17, 15) is 0 Å². The first-order valence-corrected chi connectivity index (χ1v) is 7.49. The summed E-state index contributed by atoms with van der Waals surface area (Å²) in [6.45, 7) is 4.08. The molecule has 0 amide bonds. The molecule has 1 aromatic heterocycles. The Hall–Kier alpha value is -1.92. The molecule has 0 bridgehead atoms. The number of nitrogens with zero attached hydrogens (tertiary/aromatic N) is 2. The van der Waals surface area contributed by atoms with E-state index in [-0.39, 0.29) is 5.60 Å². The molecule has 22 heavy (non-hydrogen) atoms. The molecule has 2 aromatic rings. The lowest BCUT2D eigenvalue weighted by molar-refractivity contribution is -0.0809. The van der Waals surface area contributed by atoms with Gasteiger partial charge in [0, 0.05) is 45.3 Å². The number of methoxy groups -OCH3 is 1. The van der Waals surface area contributed by atoms with Crippen LogP contribution in [0.5, 0.6) is 0 Å². The van der Waals surface area contributed by atoms with Crippen molar-refractivity contribution in [3.05, 3.63) is 29.8 Å². The maximum absolute atomic E-state index is 5.71. The summed E-state index contributed by atoms with van der Waals surface area (Å²) in [4.78, 5) is 0. The lowest BCUT2D eigenvalue weighted by Gasteiger charge is -2.35. The van der Waals surface area contributed by atoms with E-state index in [0.717, 1.165) is 24.0 Å². The Kier molecular flexibility index (Phi) is 4.40. The highest BCUT2D eigenvalue weighted by atomic mass is 16.5. The van der Waals surface area contributed by atoms with Gasteiger partial charge in [0.15, 0.2) is 0 Å². The van der Waals surface area contributed by atoms with Crippen LogP contribution >= 0.6 is 0 Å². The fraction of sp³-hybridized carbons (Fsp3) is 0.500. The van der Waals surface area contributed by atoms with E-state index < -0.39 is 0 Å². The second kappa shape index (κ2) is 6.46. The minimum atomic E-state index is -0.227. The molecule has 1 fully saturated rings. The van der Waals surface area contributed by atoms with E-state index in [2.05, 4.69) is 15.5 Å². The number of anilines is 1. The van der Waals surface area contributed by atoms with E-state index in [0.29, 0.717) is 31.7 Å². The van der Waals surface area contributed by atoms with Gasteiger partial charge in [0.25, 0.3) is 0 Å². The molecule has 0 unspecified atom stereocenters. The number of aryl methyl sites for hydroxylation is 1. The van der Waals surface area contributed by atoms with Crippen molar-refractivity contribution in [2.75, 3.05) is 32.2 Å². The quantitative estimate of drug-likeness (QED) is 0.915. The van der Waals surface area contributed by atoms with Crippen molar-refractivity contribution in [1.29, 1.82) is 0 Å². The minimum absolute atomic E-state index is 0.227. The summed E-state index contributed by atoms with van der Waals surface area (Å²) in [5, 5.41) is 11.4. The molecule has 0 spiro atoms. The van der Waals surface area contributed by atoms with Gasteiger partial charge in [-0.3, -0.25) is 0 Å². The molecule has 1 saturated heterocycles. The monoisotopic (exact) mass is 303 g/mol. The predicted octanol–water partition coefficient (Wildman–Crippen LogP) is 2.65. The number of hydrogen-bond acceptors (Lipinski definition) is 6. The third-order valence-corrected chi connectivity index (χ3v) is 4.20. The van der Waals surface area contributed by atoms with Crippen LogP contribution in [0.4, 0.5) is 6.01 Å². The van der Waals surface area contributed by atoms with Crippen LogP contribution in [0.3, 0.4) is 0 Å². The molecule has 0 radical (unpaired) electrons. The Morgan fingerprint density at radius 1 is 1.23 bits per heavy atom. The van der Waals surface area contributed by atoms with E-state index in [1.165, 1.54) is 0 Å². The molecule has 118 valence electrons. The zero-order chi connectivity index (χ0) is 15.4. The Balaban J connectivity index is 1.68. The van der Waals surface area contributed by atoms with Gasteiger partial charge in [-0.15, -0.1) is 5.10 Å². The normalized spacial score (nSPS) is 17.4. The van der Waals surface area contributed by atoms with Gasteiger partial charge in [-0.25, -0.2) is 0 Å². The Labute approximate surface area is 129 Å². The third-order valence-electron chi connectivity index (χ3n) is 4.20. The summed E-state index contributed by atoms with van der Waals surface area (Å²) in [7, 11) is 1.74. The number of aromatic nitrogens is 2. The fourth-order valence-electron chi connectivity index (χ4n) is 2.65. The topological polar surface area (TPSA) is 69.4 Å². The first-order chi connectivity index (χ1) is 10.7. The van der Waals surface area contributed by atoms with Gasteiger partial charge < -0.3 is 19.2 Å². The molecule has 3 rings (SSSR count). The summed E-state index contributed by atoms with van der Waals surface area (Å²) in [5.74, 6) is 0.527. The molecule has 2 heterocycles. The molecule has 0 atom stereocenters. The average molecular weight is 303 g/mol. The Bertz CT molecular complexity index is 621. The first-order valence-electron chi connectivity index (χ1n) is 7.49. The van der Waals surface area contributed by atoms with Gasteiger partial charge in [0.1, 0.15) is 0 Å². The molecule has 6 nitrogen and oxygen atoms in total. The van der Waals surface area contributed by atoms with Crippen LogP contribution in [0.15, 0.2) is 28.7 Å². The van der Waals surface area contributed by atoms with Crippen LogP contribution in [0, 0.1) is 6.92 Å². The summed E-state index contributed by atoms with van der Waals surface area (Å²) in [6, 6.07) is 8.36. The second-order valence-electron chi connectivity index (χ2n) is 5.58. The molecule has 1 aromatic carbocycles. The maximum atomic E-state index is 5.71. The van der Waals surface area contributed by atoms with E-state index in [4.69, 9.17) is 13.9 Å². The fourth-order valence-corrected chi connectivity index (χ4v) is 2.65. The van der Waals surface area contributed by atoms with Crippen molar-refractivity contribution < 1.29 is 13.9 Å². The van der Waals surface area contributed by atoms with Gasteiger partial charge in [-0.1, -0.05) is 23.3 Å². The Morgan fingerprint density at radius 2 is 2.00 bits per heavy atom. The maximum Gasteiger partial charge on any atom is 0.315 e. The van der Waals surface area contributed by atoms with Gasteiger partial charge >= 0.3 is 6.01 Å². The van der Waals surface area contributed by atoms with E-state index in [1.54, 1.807) is 7.11 Å².